The van der Waals surface area contributed by atoms with E-state index in [9.17, 15) is 13.2 Å². The van der Waals surface area contributed by atoms with E-state index in [-0.39, 0.29) is 24.0 Å². The zero-order valence-corrected chi connectivity index (χ0v) is 18.8. The summed E-state index contributed by atoms with van der Waals surface area (Å²) in [4.78, 5) is 12.7. The molecule has 0 bridgehead atoms. The van der Waals surface area contributed by atoms with Crippen molar-refractivity contribution in [3.63, 3.8) is 0 Å². The molecular weight excluding hydrogens is 436 g/mol. The Labute approximate surface area is 187 Å². The van der Waals surface area contributed by atoms with Crippen LogP contribution in [-0.4, -0.2) is 34.5 Å². The largest absolute Gasteiger partial charge is 0.492 e. The Morgan fingerprint density at radius 1 is 1.03 bits per heavy atom. The van der Waals surface area contributed by atoms with Gasteiger partial charge in [-0.2, -0.15) is 0 Å². The topological polar surface area (TPSA) is 75.7 Å². The molecule has 0 aliphatic rings. The molecule has 0 spiro atoms. The molecule has 0 heterocycles. The zero-order valence-electron chi connectivity index (χ0n) is 17.2. The number of carbonyl (C=O) groups excluding carboxylic acids is 1. The third kappa shape index (κ3) is 5.57. The number of aryl methyl sites for hydroxylation is 1. The van der Waals surface area contributed by atoms with Crippen molar-refractivity contribution < 1.29 is 17.9 Å². The molecule has 0 unspecified atom stereocenters. The van der Waals surface area contributed by atoms with Crippen LogP contribution in [0.15, 0.2) is 77.7 Å². The standard InChI is InChI=1S/C23H23ClN2O4S/c1-17-11-12-20(16-22(17)24)30-14-13-25-23(27)18-7-6-8-19(15-18)26(2)31(28,29)21-9-4-3-5-10-21/h3-12,15-16H,13-14H2,1-2H3,(H,25,27). The molecule has 0 aliphatic carbocycles. The van der Waals surface area contributed by atoms with E-state index in [4.69, 9.17) is 16.3 Å². The smallest absolute Gasteiger partial charge is 0.264 e. The number of amides is 1. The van der Waals surface area contributed by atoms with Crippen molar-refractivity contribution in [2.24, 2.45) is 0 Å². The predicted molar refractivity (Wildman–Crippen MR) is 122 cm³/mol. The van der Waals surface area contributed by atoms with Crippen LogP contribution in [0.3, 0.4) is 0 Å². The number of rotatable bonds is 8. The number of nitrogens with zero attached hydrogens (tertiary/aromatic N) is 1. The van der Waals surface area contributed by atoms with Crippen molar-refractivity contribution in [1.29, 1.82) is 0 Å². The molecule has 1 amide bonds. The maximum Gasteiger partial charge on any atom is 0.264 e. The summed E-state index contributed by atoms with van der Waals surface area (Å²) in [5.41, 5.74) is 1.70. The van der Waals surface area contributed by atoms with Crippen LogP contribution < -0.4 is 14.4 Å². The Morgan fingerprint density at radius 3 is 2.48 bits per heavy atom. The number of halogens is 1. The third-order valence-corrected chi connectivity index (χ3v) is 6.88. The number of carbonyl (C=O) groups is 1. The van der Waals surface area contributed by atoms with E-state index < -0.39 is 10.0 Å². The van der Waals surface area contributed by atoms with Gasteiger partial charge in [0.15, 0.2) is 0 Å². The number of ether oxygens (including phenoxy) is 1. The maximum atomic E-state index is 12.8. The van der Waals surface area contributed by atoms with Gasteiger partial charge in [-0.1, -0.05) is 41.9 Å². The van der Waals surface area contributed by atoms with Gasteiger partial charge in [-0.25, -0.2) is 8.42 Å². The summed E-state index contributed by atoms with van der Waals surface area (Å²) in [6.45, 7) is 2.46. The van der Waals surface area contributed by atoms with Crippen LogP contribution in [0, 0.1) is 6.92 Å². The molecule has 31 heavy (non-hydrogen) atoms. The van der Waals surface area contributed by atoms with Crippen LogP contribution in [0.4, 0.5) is 5.69 Å². The summed E-state index contributed by atoms with van der Waals surface area (Å²) in [5, 5.41) is 3.39. The molecule has 1 N–H and O–H groups in total. The van der Waals surface area contributed by atoms with Gasteiger partial charge in [-0.3, -0.25) is 9.10 Å². The highest BCUT2D eigenvalue weighted by molar-refractivity contribution is 7.92. The van der Waals surface area contributed by atoms with Crippen LogP contribution in [-0.2, 0) is 10.0 Å². The fraction of sp³-hybridized carbons (Fsp3) is 0.174. The van der Waals surface area contributed by atoms with Crippen LogP contribution in [0.1, 0.15) is 15.9 Å². The van der Waals surface area contributed by atoms with E-state index in [0.29, 0.717) is 22.0 Å². The summed E-state index contributed by atoms with van der Waals surface area (Å²) >= 11 is 6.07. The van der Waals surface area contributed by atoms with Crippen molar-refractivity contribution >= 4 is 33.2 Å². The maximum absolute atomic E-state index is 12.8. The minimum Gasteiger partial charge on any atom is -0.492 e. The van der Waals surface area contributed by atoms with Crippen LogP contribution >= 0.6 is 11.6 Å². The van der Waals surface area contributed by atoms with Gasteiger partial charge in [0.05, 0.1) is 17.1 Å². The zero-order chi connectivity index (χ0) is 22.4. The fourth-order valence-electron chi connectivity index (χ4n) is 2.83. The van der Waals surface area contributed by atoms with E-state index in [1.54, 1.807) is 42.5 Å². The predicted octanol–water partition coefficient (Wildman–Crippen LogP) is 4.28. The van der Waals surface area contributed by atoms with Gasteiger partial charge in [-0.15, -0.1) is 0 Å². The molecule has 162 valence electrons. The molecule has 0 aromatic heterocycles. The molecule has 3 aromatic carbocycles. The number of sulfonamides is 1. The minimum atomic E-state index is -3.72. The van der Waals surface area contributed by atoms with Crippen LogP contribution in [0.2, 0.25) is 5.02 Å². The monoisotopic (exact) mass is 458 g/mol. The fourth-order valence-corrected chi connectivity index (χ4v) is 4.21. The molecule has 6 nitrogen and oxygen atoms in total. The highest BCUT2D eigenvalue weighted by Crippen LogP contribution is 2.23. The second-order valence-electron chi connectivity index (χ2n) is 6.85. The Hall–Kier alpha value is -3.03. The second kappa shape index (κ2) is 9.85. The molecule has 0 radical (unpaired) electrons. The first-order chi connectivity index (χ1) is 14.8. The molecule has 3 aromatic rings. The second-order valence-corrected chi connectivity index (χ2v) is 9.23. The lowest BCUT2D eigenvalue weighted by molar-refractivity contribution is 0.0947. The summed E-state index contributed by atoms with van der Waals surface area (Å²) < 4.78 is 32.4. The summed E-state index contributed by atoms with van der Waals surface area (Å²) in [6, 6.07) is 20.0. The first-order valence-corrected chi connectivity index (χ1v) is 11.4. The quantitative estimate of drug-likeness (QED) is 0.511. The third-order valence-electron chi connectivity index (χ3n) is 4.67. The Kier molecular flexibility index (Phi) is 7.20. The summed E-state index contributed by atoms with van der Waals surface area (Å²) in [7, 11) is -2.26. The SMILES string of the molecule is Cc1ccc(OCCNC(=O)c2cccc(N(C)S(=O)(=O)c3ccccc3)c2)cc1Cl. The lowest BCUT2D eigenvalue weighted by Gasteiger charge is -2.20. The van der Waals surface area contributed by atoms with Crippen LogP contribution in [0.25, 0.3) is 0 Å². The first-order valence-electron chi connectivity index (χ1n) is 9.60. The van der Waals surface area contributed by atoms with E-state index in [0.717, 1.165) is 9.87 Å². The number of benzene rings is 3. The summed E-state index contributed by atoms with van der Waals surface area (Å²) in [6.07, 6.45) is 0. The molecular formula is C23H23ClN2O4S. The molecule has 8 heteroatoms. The lowest BCUT2D eigenvalue weighted by Crippen LogP contribution is -2.29. The average molecular weight is 459 g/mol. The van der Waals surface area contributed by atoms with Crippen molar-refractivity contribution in [2.75, 3.05) is 24.5 Å². The van der Waals surface area contributed by atoms with Gasteiger partial charge < -0.3 is 10.1 Å². The number of nitrogens with one attached hydrogen (secondary N) is 1. The molecule has 0 aliphatic heterocycles. The van der Waals surface area contributed by atoms with Gasteiger partial charge in [-0.05, 0) is 55.0 Å². The van der Waals surface area contributed by atoms with E-state index in [1.165, 1.54) is 25.2 Å². The van der Waals surface area contributed by atoms with E-state index in [1.807, 2.05) is 19.1 Å². The van der Waals surface area contributed by atoms with Crippen LogP contribution in [0.5, 0.6) is 5.75 Å². The molecule has 0 saturated heterocycles. The molecule has 0 fully saturated rings. The highest BCUT2D eigenvalue weighted by atomic mass is 35.5. The van der Waals surface area contributed by atoms with Gasteiger partial charge in [0, 0.05) is 17.6 Å². The Balaban J connectivity index is 1.61. The van der Waals surface area contributed by atoms with Gasteiger partial charge >= 0.3 is 0 Å². The van der Waals surface area contributed by atoms with Gasteiger partial charge in [0.25, 0.3) is 15.9 Å². The van der Waals surface area contributed by atoms with Crippen molar-refractivity contribution in [3.05, 3.63) is 88.9 Å². The Morgan fingerprint density at radius 2 is 1.77 bits per heavy atom. The highest BCUT2D eigenvalue weighted by Gasteiger charge is 2.21. The molecule has 0 atom stereocenters. The number of hydrogen-bond acceptors (Lipinski definition) is 4. The summed E-state index contributed by atoms with van der Waals surface area (Å²) in [5.74, 6) is 0.303. The molecule has 0 saturated carbocycles. The Bertz CT molecular complexity index is 1170. The number of hydrogen-bond donors (Lipinski definition) is 1. The molecule has 3 rings (SSSR count). The van der Waals surface area contributed by atoms with E-state index in [2.05, 4.69) is 5.32 Å². The van der Waals surface area contributed by atoms with Gasteiger partial charge in [0.2, 0.25) is 0 Å². The van der Waals surface area contributed by atoms with Crippen molar-refractivity contribution in [3.8, 4) is 5.75 Å². The van der Waals surface area contributed by atoms with E-state index >= 15 is 0 Å². The lowest BCUT2D eigenvalue weighted by atomic mass is 10.2. The number of anilines is 1. The first kappa shape index (κ1) is 22.7. The average Bonchev–Trinajstić information content (AvgIpc) is 2.79. The van der Waals surface area contributed by atoms with Crippen molar-refractivity contribution in [2.45, 2.75) is 11.8 Å². The minimum absolute atomic E-state index is 0.181. The van der Waals surface area contributed by atoms with Crippen molar-refractivity contribution in [1.82, 2.24) is 5.32 Å². The normalized spacial score (nSPS) is 11.1. The van der Waals surface area contributed by atoms with Gasteiger partial charge in [0.1, 0.15) is 12.4 Å².